The second kappa shape index (κ2) is 7.03. The first-order chi connectivity index (χ1) is 11.8. The fourth-order valence-corrected chi connectivity index (χ4v) is 5.06. The number of sulfonamides is 1. The number of aryl methyl sites for hydroxylation is 2. The minimum Gasteiger partial charge on any atom is -0.296 e. The lowest BCUT2D eigenvalue weighted by atomic mass is 10.2. The molecule has 0 saturated carbocycles. The van der Waals surface area contributed by atoms with Crippen LogP contribution in [0.4, 0.5) is 4.39 Å². The molecule has 0 atom stereocenters. The first-order valence-electron chi connectivity index (χ1n) is 7.97. The maximum atomic E-state index is 13.9. The van der Waals surface area contributed by atoms with Crippen LogP contribution in [0.25, 0.3) is 0 Å². The molecule has 0 bridgehead atoms. The molecule has 2 aromatic rings. The molecule has 0 amide bonds. The molecule has 1 aromatic carbocycles. The number of aromatic nitrogens is 2. The molecule has 9 heteroatoms. The zero-order valence-corrected chi connectivity index (χ0v) is 15.7. The Kier molecular flexibility index (Phi) is 5.15. The number of rotatable bonds is 4. The smallest absolute Gasteiger partial charge is 0.246 e. The Labute approximate surface area is 151 Å². The van der Waals surface area contributed by atoms with Gasteiger partial charge < -0.3 is 0 Å². The molecule has 0 unspecified atom stereocenters. The highest BCUT2D eigenvalue weighted by Crippen LogP contribution is 2.25. The molecule has 1 aliphatic heterocycles. The van der Waals surface area contributed by atoms with Gasteiger partial charge in [-0.2, -0.15) is 9.40 Å². The molecule has 1 aromatic heterocycles. The molecule has 136 valence electrons. The van der Waals surface area contributed by atoms with Gasteiger partial charge in [0.15, 0.2) is 0 Å². The van der Waals surface area contributed by atoms with Gasteiger partial charge in [0.05, 0.1) is 11.4 Å². The van der Waals surface area contributed by atoms with Gasteiger partial charge in [-0.25, -0.2) is 12.8 Å². The van der Waals surface area contributed by atoms with Crippen molar-refractivity contribution in [2.45, 2.75) is 25.3 Å². The molecular weight excluding hydrogens is 367 g/mol. The van der Waals surface area contributed by atoms with E-state index in [-0.39, 0.29) is 10.7 Å². The van der Waals surface area contributed by atoms with Crippen molar-refractivity contribution >= 4 is 21.6 Å². The summed E-state index contributed by atoms with van der Waals surface area (Å²) in [6.07, 6.45) is 0. The van der Waals surface area contributed by atoms with Crippen molar-refractivity contribution in [2.24, 2.45) is 0 Å². The average Bonchev–Trinajstić information content (AvgIpc) is 2.91. The lowest BCUT2D eigenvalue weighted by molar-refractivity contribution is 0.180. The Balaban J connectivity index is 1.70. The quantitative estimate of drug-likeness (QED) is 0.875. The van der Waals surface area contributed by atoms with Gasteiger partial charge in [0, 0.05) is 43.3 Å². The van der Waals surface area contributed by atoms with E-state index in [9.17, 15) is 12.8 Å². The van der Waals surface area contributed by atoms with E-state index in [0.717, 1.165) is 0 Å². The van der Waals surface area contributed by atoms with E-state index in [4.69, 9.17) is 11.6 Å². The van der Waals surface area contributed by atoms with Gasteiger partial charge in [0.25, 0.3) is 0 Å². The van der Waals surface area contributed by atoms with Crippen LogP contribution < -0.4 is 0 Å². The fourth-order valence-electron chi connectivity index (χ4n) is 3.08. The highest BCUT2D eigenvalue weighted by molar-refractivity contribution is 7.89. The number of H-pyrrole nitrogens is 1. The molecule has 0 aliphatic carbocycles. The third kappa shape index (κ3) is 3.57. The standard InChI is InChI=1S/C16H20ClFN4O2S/c1-11-16(12(2)20-19-11)25(23,24)22-8-6-21(7-9-22)10-13-14(17)4-3-5-15(13)18/h3-5H,6-10H2,1-2H3,(H,19,20). The van der Waals surface area contributed by atoms with Crippen molar-refractivity contribution in [3.8, 4) is 0 Å². The van der Waals surface area contributed by atoms with E-state index < -0.39 is 10.0 Å². The number of hydrogen-bond acceptors (Lipinski definition) is 4. The average molecular weight is 387 g/mol. The molecule has 1 saturated heterocycles. The fraction of sp³-hybridized carbons (Fsp3) is 0.438. The Hall–Kier alpha value is -1.48. The Morgan fingerprint density at radius 1 is 1.24 bits per heavy atom. The van der Waals surface area contributed by atoms with E-state index in [2.05, 4.69) is 10.2 Å². The number of benzene rings is 1. The van der Waals surface area contributed by atoms with E-state index in [0.29, 0.717) is 54.7 Å². The number of piperazine rings is 1. The Bertz CT molecular complexity index is 837. The van der Waals surface area contributed by atoms with Crippen molar-refractivity contribution in [2.75, 3.05) is 26.2 Å². The lowest BCUT2D eigenvalue weighted by Gasteiger charge is -2.34. The van der Waals surface area contributed by atoms with E-state index in [1.807, 2.05) is 4.90 Å². The maximum Gasteiger partial charge on any atom is 0.246 e. The van der Waals surface area contributed by atoms with Gasteiger partial charge >= 0.3 is 0 Å². The van der Waals surface area contributed by atoms with Crippen molar-refractivity contribution < 1.29 is 12.8 Å². The summed E-state index contributed by atoms with van der Waals surface area (Å²) >= 11 is 6.07. The summed E-state index contributed by atoms with van der Waals surface area (Å²) in [6.45, 7) is 5.45. The molecule has 6 nitrogen and oxygen atoms in total. The van der Waals surface area contributed by atoms with E-state index in [1.54, 1.807) is 26.0 Å². The second-order valence-corrected chi connectivity index (χ2v) is 8.43. The molecule has 1 N–H and O–H groups in total. The highest BCUT2D eigenvalue weighted by Gasteiger charge is 2.32. The normalized spacial score (nSPS) is 17.1. The number of halogens is 2. The van der Waals surface area contributed by atoms with Gasteiger partial charge in [-0.3, -0.25) is 10.00 Å². The molecule has 1 aliphatic rings. The van der Waals surface area contributed by atoms with Crippen LogP contribution in [0, 0.1) is 19.7 Å². The van der Waals surface area contributed by atoms with Crippen LogP contribution in [0.15, 0.2) is 23.1 Å². The van der Waals surface area contributed by atoms with Crippen LogP contribution in [0.3, 0.4) is 0 Å². The monoisotopic (exact) mass is 386 g/mol. The minimum atomic E-state index is -3.58. The zero-order valence-electron chi connectivity index (χ0n) is 14.1. The van der Waals surface area contributed by atoms with Crippen LogP contribution >= 0.6 is 11.6 Å². The van der Waals surface area contributed by atoms with Gasteiger partial charge in [0.2, 0.25) is 10.0 Å². The van der Waals surface area contributed by atoms with Crippen molar-refractivity contribution in [1.29, 1.82) is 0 Å². The second-order valence-electron chi connectivity index (χ2n) is 6.14. The van der Waals surface area contributed by atoms with E-state index in [1.165, 1.54) is 10.4 Å². The van der Waals surface area contributed by atoms with Crippen molar-refractivity contribution in [1.82, 2.24) is 19.4 Å². The summed E-state index contributed by atoms with van der Waals surface area (Å²) in [7, 11) is -3.58. The van der Waals surface area contributed by atoms with Crippen LogP contribution in [-0.2, 0) is 16.6 Å². The van der Waals surface area contributed by atoms with Crippen molar-refractivity contribution in [3.63, 3.8) is 0 Å². The van der Waals surface area contributed by atoms with Crippen LogP contribution in [0.1, 0.15) is 17.0 Å². The maximum absolute atomic E-state index is 13.9. The Morgan fingerprint density at radius 3 is 2.48 bits per heavy atom. The minimum absolute atomic E-state index is 0.248. The number of nitrogens with one attached hydrogen (secondary N) is 1. The predicted octanol–water partition coefficient (Wildman–Crippen LogP) is 2.33. The van der Waals surface area contributed by atoms with Gasteiger partial charge in [-0.15, -0.1) is 0 Å². The summed E-state index contributed by atoms with van der Waals surface area (Å²) in [5, 5.41) is 7.07. The lowest BCUT2D eigenvalue weighted by Crippen LogP contribution is -2.48. The van der Waals surface area contributed by atoms with Gasteiger partial charge in [-0.05, 0) is 26.0 Å². The SMILES string of the molecule is Cc1n[nH]c(C)c1S(=O)(=O)N1CCN(Cc2c(F)cccc2Cl)CC1. The van der Waals surface area contributed by atoms with Crippen LogP contribution in [0.5, 0.6) is 0 Å². The summed E-state index contributed by atoms with van der Waals surface area (Å²) in [6, 6.07) is 4.61. The summed E-state index contributed by atoms with van der Waals surface area (Å²) < 4.78 is 41.0. The number of nitrogens with zero attached hydrogens (tertiary/aromatic N) is 3. The largest absolute Gasteiger partial charge is 0.296 e. The van der Waals surface area contributed by atoms with Gasteiger partial charge in [-0.1, -0.05) is 17.7 Å². The third-order valence-electron chi connectivity index (χ3n) is 4.43. The molecule has 0 radical (unpaired) electrons. The highest BCUT2D eigenvalue weighted by atomic mass is 35.5. The summed E-state index contributed by atoms with van der Waals surface area (Å²) in [4.78, 5) is 2.25. The summed E-state index contributed by atoms with van der Waals surface area (Å²) in [5.41, 5.74) is 1.46. The molecule has 1 fully saturated rings. The zero-order chi connectivity index (χ0) is 18.2. The van der Waals surface area contributed by atoms with E-state index >= 15 is 0 Å². The topological polar surface area (TPSA) is 69.3 Å². The number of hydrogen-bond donors (Lipinski definition) is 1. The molecule has 0 spiro atoms. The first-order valence-corrected chi connectivity index (χ1v) is 9.79. The molecular formula is C16H20ClFN4O2S. The molecule has 2 heterocycles. The van der Waals surface area contributed by atoms with Gasteiger partial charge in [0.1, 0.15) is 10.7 Å². The van der Waals surface area contributed by atoms with Crippen LogP contribution in [-0.4, -0.2) is 54.0 Å². The van der Waals surface area contributed by atoms with Crippen LogP contribution in [0.2, 0.25) is 5.02 Å². The number of aromatic amines is 1. The predicted molar refractivity (Wildman–Crippen MR) is 93.5 cm³/mol. The molecule has 3 rings (SSSR count). The third-order valence-corrected chi connectivity index (χ3v) is 6.95. The molecule has 25 heavy (non-hydrogen) atoms. The first kappa shape index (κ1) is 18.3. The van der Waals surface area contributed by atoms with Crippen molar-refractivity contribution in [3.05, 3.63) is 46.0 Å². The summed E-state index contributed by atoms with van der Waals surface area (Å²) in [5.74, 6) is -0.341. The Morgan fingerprint density at radius 2 is 1.92 bits per heavy atom.